The van der Waals surface area contributed by atoms with E-state index in [-0.39, 0.29) is 25.7 Å². The van der Waals surface area contributed by atoms with Crippen molar-refractivity contribution in [2.45, 2.75) is 341 Å². The monoisotopic (exact) mass is 1420 g/mol. The lowest BCUT2D eigenvalue weighted by Crippen LogP contribution is -2.30. The first-order chi connectivity index (χ1) is 47.7. The Morgan fingerprint density at radius 1 is 0.296 bits per heavy atom. The van der Waals surface area contributed by atoms with Crippen LogP contribution in [0.25, 0.3) is 0 Å². The summed E-state index contributed by atoms with van der Waals surface area (Å²) in [5.74, 6) is -2.21. The van der Waals surface area contributed by atoms with Gasteiger partial charge in [0.2, 0.25) is 0 Å². The number of carbonyl (C=O) groups is 4. The van der Waals surface area contributed by atoms with E-state index >= 15 is 0 Å². The Morgan fingerprint density at radius 3 is 0.857 bits per heavy atom. The first-order valence-corrected chi connectivity index (χ1v) is 41.5. The van der Waals surface area contributed by atoms with E-state index in [0.717, 1.165) is 173 Å². The molecule has 0 radical (unpaired) electrons. The highest BCUT2D eigenvalue weighted by Crippen LogP contribution is 2.45. The van der Waals surface area contributed by atoms with E-state index in [4.69, 9.17) is 37.0 Å². The lowest BCUT2D eigenvalue weighted by molar-refractivity contribution is -0.161. The Hall–Kier alpha value is -4.02. The zero-order chi connectivity index (χ0) is 71.8. The molecule has 0 aromatic heterocycles. The van der Waals surface area contributed by atoms with Crippen LogP contribution < -0.4 is 0 Å². The number of esters is 4. The van der Waals surface area contributed by atoms with Crippen molar-refractivity contribution in [3.05, 3.63) is 97.2 Å². The van der Waals surface area contributed by atoms with Gasteiger partial charge in [-0.25, -0.2) is 9.13 Å². The number of rotatable bonds is 72. The predicted octanol–water partition coefficient (Wildman–Crippen LogP) is 22.0. The second-order valence-corrected chi connectivity index (χ2v) is 28.4. The molecule has 19 heteroatoms. The highest BCUT2D eigenvalue weighted by Gasteiger charge is 2.30. The average molecular weight is 1420 g/mol. The topological polar surface area (TPSA) is 237 Å². The van der Waals surface area contributed by atoms with Crippen molar-refractivity contribution < 1.29 is 80.2 Å². The van der Waals surface area contributed by atoms with Gasteiger partial charge in [-0.2, -0.15) is 0 Å². The number of aliphatic hydroxyl groups excluding tert-OH is 1. The fourth-order valence-electron chi connectivity index (χ4n) is 10.2. The lowest BCUT2D eigenvalue weighted by Gasteiger charge is -2.21. The summed E-state index contributed by atoms with van der Waals surface area (Å²) in [6.07, 6.45) is 73.9. The Labute approximate surface area is 595 Å². The molecule has 0 amide bonds. The molecule has 0 spiro atoms. The van der Waals surface area contributed by atoms with E-state index < -0.39 is 97.5 Å². The fraction of sp³-hybridized carbons (Fsp3) is 0.747. The van der Waals surface area contributed by atoms with Gasteiger partial charge in [-0.1, -0.05) is 279 Å². The predicted molar refractivity (Wildman–Crippen MR) is 399 cm³/mol. The minimum absolute atomic E-state index is 0.0711. The van der Waals surface area contributed by atoms with E-state index in [1.165, 1.54) is 70.6 Å². The van der Waals surface area contributed by atoms with Gasteiger partial charge in [0.1, 0.15) is 19.3 Å². The van der Waals surface area contributed by atoms with Crippen LogP contribution in [0.4, 0.5) is 0 Å². The molecular weight excluding hydrogens is 1280 g/mol. The summed E-state index contributed by atoms with van der Waals surface area (Å²) in [6.45, 7) is 4.56. The van der Waals surface area contributed by atoms with Crippen LogP contribution in [0.3, 0.4) is 0 Å². The van der Waals surface area contributed by atoms with Crippen LogP contribution in [0.2, 0.25) is 0 Å². The summed E-state index contributed by atoms with van der Waals surface area (Å²) in [7, 11) is -9.96. The van der Waals surface area contributed by atoms with Crippen LogP contribution >= 0.6 is 15.6 Å². The van der Waals surface area contributed by atoms with Crippen molar-refractivity contribution >= 4 is 39.5 Å². The molecule has 0 aliphatic rings. The molecule has 17 nitrogen and oxygen atoms in total. The molecule has 0 fully saturated rings. The van der Waals surface area contributed by atoms with Gasteiger partial charge in [0.15, 0.2) is 12.2 Å². The third kappa shape index (κ3) is 70.4. The molecule has 3 N–H and O–H groups in total. The molecule has 98 heavy (non-hydrogen) atoms. The number of unbranched alkanes of at least 4 members (excludes halogenated alkanes) is 30. The Morgan fingerprint density at radius 2 is 0.551 bits per heavy atom. The van der Waals surface area contributed by atoms with Crippen molar-refractivity contribution in [2.75, 3.05) is 39.6 Å². The molecule has 0 bridgehead atoms. The van der Waals surface area contributed by atoms with Gasteiger partial charge < -0.3 is 33.8 Å². The molecule has 0 aromatic carbocycles. The normalized spacial score (nSPS) is 14.5. The second kappa shape index (κ2) is 71.4. The Bertz CT molecular complexity index is 2240. The lowest BCUT2D eigenvalue weighted by atomic mass is 10.0. The number of ether oxygens (including phenoxy) is 4. The standard InChI is InChI=1S/C79H138O17P2/c1-5-9-13-17-21-25-29-33-36-40-43-47-51-55-59-63-76(81)89-69-74(95-78(83)65-61-57-53-49-45-39-32-28-24-20-16-12-8-4)71-93-97(85,86)91-67-73(80)68-92-98(87,88)94-72-75(96-79(84)66-62-58-54-50-46-42-38-35-31-27-23-19-15-11-7-3)70-90-77(82)64-60-56-52-48-44-41-37-34-30-26-22-18-14-10-6-2/h10-11,14-16,20,22-23,26-28,32,34-35,37-38,73-75,80H,5-9,12-13,17-19,21,24-25,29-31,33,36,39-72H2,1-4H3,(H,85,86)(H,87,88)/b14-10-,15-11-,20-16-,26-22-,27-23-,32-28-,37-34-,38-35-. The van der Waals surface area contributed by atoms with Gasteiger partial charge in [-0.3, -0.25) is 37.3 Å². The molecule has 0 heterocycles. The number of hydrogen-bond donors (Lipinski definition) is 3. The molecule has 0 saturated carbocycles. The Kier molecular flexibility index (Phi) is 68.4. The van der Waals surface area contributed by atoms with Crippen LogP contribution in [-0.4, -0.2) is 96.7 Å². The van der Waals surface area contributed by atoms with Gasteiger partial charge in [0, 0.05) is 25.7 Å². The van der Waals surface area contributed by atoms with Gasteiger partial charge in [-0.05, 0) is 116 Å². The van der Waals surface area contributed by atoms with Gasteiger partial charge in [0.05, 0.1) is 26.4 Å². The third-order valence-electron chi connectivity index (χ3n) is 16.0. The molecule has 5 unspecified atom stereocenters. The summed E-state index contributed by atoms with van der Waals surface area (Å²) in [5, 5.41) is 10.6. The fourth-order valence-corrected chi connectivity index (χ4v) is 11.8. The summed E-state index contributed by atoms with van der Waals surface area (Å²) in [5.41, 5.74) is 0. The van der Waals surface area contributed by atoms with Crippen molar-refractivity contribution in [2.24, 2.45) is 0 Å². The number of carbonyl (C=O) groups excluding carboxylic acids is 4. The van der Waals surface area contributed by atoms with Gasteiger partial charge >= 0.3 is 39.5 Å². The molecule has 566 valence electrons. The number of aliphatic hydroxyl groups is 1. The average Bonchev–Trinajstić information content (AvgIpc) is 1.04. The minimum atomic E-state index is -4.98. The van der Waals surface area contributed by atoms with Gasteiger partial charge in [0.25, 0.3) is 0 Å². The summed E-state index contributed by atoms with van der Waals surface area (Å²) >= 11 is 0. The van der Waals surface area contributed by atoms with Gasteiger partial charge in [-0.15, -0.1) is 0 Å². The van der Waals surface area contributed by atoms with E-state index in [0.29, 0.717) is 25.7 Å². The first-order valence-electron chi connectivity index (χ1n) is 38.5. The van der Waals surface area contributed by atoms with E-state index in [1.807, 2.05) is 0 Å². The maximum Gasteiger partial charge on any atom is 0.472 e. The van der Waals surface area contributed by atoms with Crippen molar-refractivity contribution in [3.8, 4) is 0 Å². The highest BCUT2D eigenvalue weighted by molar-refractivity contribution is 7.47. The van der Waals surface area contributed by atoms with Crippen LogP contribution in [-0.2, 0) is 65.4 Å². The van der Waals surface area contributed by atoms with Crippen LogP contribution in [0.1, 0.15) is 323 Å². The first kappa shape index (κ1) is 94.0. The second-order valence-electron chi connectivity index (χ2n) is 25.5. The summed E-state index contributed by atoms with van der Waals surface area (Å²) in [4.78, 5) is 72.9. The number of phosphoric acid groups is 2. The largest absolute Gasteiger partial charge is 0.472 e. The highest BCUT2D eigenvalue weighted by atomic mass is 31.2. The van der Waals surface area contributed by atoms with Crippen molar-refractivity contribution in [1.29, 1.82) is 0 Å². The van der Waals surface area contributed by atoms with Crippen molar-refractivity contribution in [1.82, 2.24) is 0 Å². The summed E-state index contributed by atoms with van der Waals surface area (Å²) in [6, 6.07) is 0. The maximum absolute atomic E-state index is 13.1. The maximum atomic E-state index is 13.1. The smallest absolute Gasteiger partial charge is 0.462 e. The molecule has 0 rings (SSSR count). The molecule has 0 aromatic rings. The number of phosphoric ester groups is 2. The number of hydrogen-bond acceptors (Lipinski definition) is 15. The van der Waals surface area contributed by atoms with Crippen molar-refractivity contribution in [3.63, 3.8) is 0 Å². The van der Waals surface area contributed by atoms with Crippen LogP contribution in [0.15, 0.2) is 97.2 Å². The van der Waals surface area contributed by atoms with E-state index in [2.05, 4.69) is 125 Å². The SMILES string of the molecule is CC/C=C\C/C=C\C/C=C\CCCCCCCC(=O)OCC(COP(=O)(O)OCC(O)COP(=O)(O)OCC(COC(=O)CCCCCCCCCCCCCCCCC)OC(=O)CCCCCCC/C=C\C/C=C\CCC)OC(=O)CCCCCCC/C=C\C/C=C\C/C=C\CC. The summed E-state index contributed by atoms with van der Waals surface area (Å²) < 4.78 is 68.5. The minimum Gasteiger partial charge on any atom is -0.462 e. The third-order valence-corrected chi connectivity index (χ3v) is 17.9. The van der Waals surface area contributed by atoms with E-state index in [1.54, 1.807) is 0 Å². The van der Waals surface area contributed by atoms with Crippen LogP contribution in [0.5, 0.6) is 0 Å². The van der Waals surface area contributed by atoms with Crippen LogP contribution in [0, 0.1) is 0 Å². The van der Waals surface area contributed by atoms with E-state index in [9.17, 15) is 43.2 Å². The number of allylic oxidation sites excluding steroid dienone is 16. The molecule has 5 atom stereocenters. The molecular formula is C79H138O17P2. The molecule has 0 aliphatic heterocycles. The quantitative estimate of drug-likeness (QED) is 0.0169. The zero-order valence-corrected chi connectivity index (χ0v) is 63.5. The zero-order valence-electron chi connectivity index (χ0n) is 61.7. The molecule has 0 saturated heterocycles. The molecule has 0 aliphatic carbocycles. The Balaban J connectivity index is 5.36.